The third-order valence-electron chi connectivity index (χ3n) is 5.61. The van der Waals surface area contributed by atoms with Gasteiger partial charge in [-0.1, -0.05) is 28.1 Å². The van der Waals surface area contributed by atoms with Crippen LogP contribution in [0.3, 0.4) is 0 Å². The van der Waals surface area contributed by atoms with Crippen LogP contribution >= 0.6 is 15.9 Å². The average molecular weight is 507 g/mol. The monoisotopic (exact) mass is 506 g/mol. The molecule has 3 N–H and O–H groups in total. The molecular formula is C22H21BrF2N4O3. The molecule has 7 nitrogen and oxygen atoms in total. The fourth-order valence-electron chi connectivity index (χ4n) is 3.91. The van der Waals surface area contributed by atoms with Crippen molar-refractivity contribution in [2.24, 2.45) is 5.92 Å². The molecule has 0 saturated heterocycles. The van der Waals surface area contributed by atoms with Crippen molar-refractivity contribution in [3.8, 4) is 0 Å². The predicted molar refractivity (Wildman–Crippen MR) is 117 cm³/mol. The van der Waals surface area contributed by atoms with E-state index in [1.165, 1.54) is 23.3 Å². The summed E-state index contributed by atoms with van der Waals surface area (Å²) in [6, 6.07) is 7.71. The Bertz CT molecular complexity index is 1130. The Morgan fingerprint density at radius 1 is 1.34 bits per heavy atom. The number of alkyl halides is 1. The first-order chi connectivity index (χ1) is 15.4. The molecule has 0 spiro atoms. The van der Waals surface area contributed by atoms with Crippen molar-refractivity contribution in [1.82, 2.24) is 14.5 Å². The molecule has 0 radical (unpaired) electrons. The fraction of sp³-hybridized carbons (Fsp3) is 0.318. The lowest BCUT2D eigenvalue weighted by Gasteiger charge is -2.18. The van der Waals surface area contributed by atoms with Gasteiger partial charge in [-0.15, -0.1) is 0 Å². The van der Waals surface area contributed by atoms with Crippen molar-refractivity contribution in [3.63, 3.8) is 0 Å². The molecule has 0 unspecified atom stereocenters. The van der Waals surface area contributed by atoms with E-state index < -0.39 is 36.0 Å². The van der Waals surface area contributed by atoms with Gasteiger partial charge >= 0.3 is 0 Å². The van der Waals surface area contributed by atoms with Crippen LogP contribution in [0, 0.1) is 11.9 Å². The number of carbonyl (C=O) groups is 1. The number of halogens is 3. The number of hydrogen-bond acceptors (Lipinski definition) is 6. The summed E-state index contributed by atoms with van der Waals surface area (Å²) in [6.45, 7) is -0.110. The lowest BCUT2D eigenvalue weighted by atomic mass is 10.1. The molecule has 0 aliphatic heterocycles. The maximum absolute atomic E-state index is 14.5. The Kier molecular flexibility index (Phi) is 6.63. The van der Waals surface area contributed by atoms with E-state index in [9.17, 15) is 23.8 Å². The standard InChI is InChI=1S/C22H21BrF2N4O3/c23-15-3-1-2-12(4-15)8-29-9-13(6-18(29)24)20(31)16-7-26-11-27-22(16)28-17-5-14(10-30)21(32)19(17)25/h1-4,6-7,9,11,14,17,19,21,30,32H,5,8,10H2,(H,26,27,28)/t14-,17-,19-,21-/m1/s1. The van der Waals surface area contributed by atoms with Crippen LogP contribution in [0.1, 0.15) is 27.9 Å². The highest BCUT2D eigenvalue weighted by Crippen LogP contribution is 2.31. The molecule has 4 atom stereocenters. The number of hydrogen-bond donors (Lipinski definition) is 3. The Hall–Kier alpha value is -2.69. The largest absolute Gasteiger partial charge is 0.396 e. The van der Waals surface area contributed by atoms with Crippen LogP contribution in [0.5, 0.6) is 0 Å². The van der Waals surface area contributed by atoms with Gasteiger partial charge in [0.15, 0.2) is 11.7 Å². The Morgan fingerprint density at radius 2 is 2.16 bits per heavy atom. The molecule has 3 aromatic rings. The number of nitrogens with one attached hydrogen (secondary N) is 1. The van der Waals surface area contributed by atoms with Crippen LogP contribution in [0.25, 0.3) is 0 Å². The summed E-state index contributed by atoms with van der Waals surface area (Å²) in [5.74, 6) is -1.62. The van der Waals surface area contributed by atoms with Crippen LogP contribution in [0.15, 0.2) is 53.5 Å². The van der Waals surface area contributed by atoms with Crippen LogP contribution in [-0.2, 0) is 6.54 Å². The van der Waals surface area contributed by atoms with Gasteiger partial charge in [0.25, 0.3) is 0 Å². The van der Waals surface area contributed by atoms with E-state index in [-0.39, 0.29) is 36.5 Å². The molecule has 2 heterocycles. The zero-order valence-electron chi connectivity index (χ0n) is 16.8. The van der Waals surface area contributed by atoms with Crippen molar-refractivity contribution >= 4 is 27.5 Å². The first kappa shape index (κ1) is 22.5. The maximum Gasteiger partial charge on any atom is 0.199 e. The van der Waals surface area contributed by atoms with E-state index in [0.717, 1.165) is 16.1 Å². The van der Waals surface area contributed by atoms with Crippen molar-refractivity contribution in [3.05, 3.63) is 76.2 Å². The summed E-state index contributed by atoms with van der Waals surface area (Å²) in [5.41, 5.74) is 1.01. The number of aromatic nitrogens is 3. The van der Waals surface area contributed by atoms with Crippen LogP contribution in [0.2, 0.25) is 0 Å². The van der Waals surface area contributed by atoms with Crippen LogP contribution < -0.4 is 5.32 Å². The summed E-state index contributed by atoms with van der Waals surface area (Å²) in [7, 11) is 0. The minimum absolute atomic E-state index is 0.0567. The van der Waals surface area contributed by atoms with Crippen molar-refractivity contribution in [2.75, 3.05) is 11.9 Å². The summed E-state index contributed by atoms with van der Waals surface area (Å²) < 4.78 is 31.2. The quantitative estimate of drug-likeness (QED) is 0.426. The predicted octanol–water partition coefficient (Wildman–Crippen LogP) is 2.95. The minimum atomic E-state index is -1.63. The second-order valence-corrected chi connectivity index (χ2v) is 8.70. The third kappa shape index (κ3) is 4.57. The minimum Gasteiger partial charge on any atom is -0.396 e. The summed E-state index contributed by atoms with van der Waals surface area (Å²) in [6.07, 6.45) is 1.14. The molecule has 1 aromatic carbocycles. The molecule has 1 fully saturated rings. The van der Waals surface area contributed by atoms with Gasteiger partial charge in [-0.2, -0.15) is 4.39 Å². The number of anilines is 1. The highest BCUT2D eigenvalue weighted by molar-refractivity contribution is 9.10. The lowest BCUT2D eigenvalue weighted by Crippen LogP contribution is -2.32. The summed E-state index contributed by atoms with van der Waals surface area (Å²) >= 11 is 3.38. The van der Waals surface area contributed by atoms with E-state index in [2.05, 4.69) is 31.2 Å². The molecule has 4 rings (SSSR count). The summed E-state index contributed by atoms with van der Waals surface area (Å²) in [4.78, 5) is 21.0. The molecule has 1 aliphatic rings. The molecule has 1 saturated carbocycles. The summed E-state index contributed by atoms with van der Waals surface area (Å²) in [5, 5.41) is 22.1. The van der Waals surface area contributed by atoms with Crippen LogP contribution in [0.4, 0.5) is 14.6 Å². The Balaban J connectivity index is 1.56. The van der Waals surface area contributed by atoms with Gasteiger partial charge < -0.3 is 20.1 Å². The average Bonchev–Trinajstić information content (AvgIpc) is 3.28. The van der Waals surface area contributed by atoms with E-state index in [4.69, 9.17) is 0 Å². The highest BCUT2D eigenvalue weighted by Gasteiger charge is 2.43. The second-order valence-electron chi connectivity index (χ2n) is 7.79. The normalized spacial score (nSPS) is 22.8. The molecule has 0 bridgehead atoms. The zero-order valence-corrected chi connectivity index (χ0v) is 18.4. The van der Waals surface area contributed by atoms with Crippen molar-refractivity contribution in [2.45, 2.75) is 31.3 Å². The topological polar surface area (TPSA) is 100 Å². The molecule has 2 aromatic heterocycles. The number of nitrogens with zero attached hydrogens (tertiary/aromatic N) is 3. The SMILES string of the molecule is O=C(c1cc(F)n(Cc2cccc(Br)c2)c1)c1cncnc1N[C@@H]1C[C@H](CO)[C@@H](O)[C@@H]1F. The van der Waals surface area contributed by atoms with E-state index in [1.54, 1.807) is 0 Å². The number of aliphatic hydroxyl groups excluding tert-OH is 2. The molecule has 10 heteroatoms. The van der Waals surface area contributed by atoms with Gasteiger partial charge in [0.1, 0.15) is 18.3 Å². The number of ketones is 1. The Morgan fingerprint density at radius 3 is 2.88 bits per heavy atom. The van der Waals surface area contributed by atoms with Crippen LogP contribution in [-0.4, -0.2) is 55.5 Å². The van der Waals surface area contributed by atoms with Crippen molar-refractivity contribution in [1.29, 1.82) is 0 Å². The lowest BCUT2D eigenvalue weighted by molar-refractivity contribution is 0.0444. The Labute approximate surface area is 191 Å². The van der Waals surface area contributed by atoms with E-state index in [1.807, 2.05) is 24.3 Å². The van der Waals surface area contributed by atoms with Gasteiger partial charge in [-0.25, -0.2) is 14.4 Å². The third-order valence-corrected chi connectivity index (χ3v) is 6.11. The zero-order chi connectivity index (χ0) is 22.8. The number of aliphatic hydroxyl groups is 2. The number of carbonyl (C=O) groups excluding carboxylic acids is 1. The van der Waals surface area contributed by atoms with Gasteiger partial charge in [0.05, 0.1) is 17.7 Å². The van der Waals surface area contributed by atoms with Gasteiger partial charge in [0.2, 0.25) is 0 Å². The van der Waals surface area contributed by atoms with E-state index in [0.29, 0.717) is 0 Å². The molecular weight excluding hydrogens is 486 g/mol. The second kappa shape index (κ2) is 9.43. The fourth-order valence-corrected chi connectivity index (χ4v) is 4.36. The maximum atomic E-state index is 14.5. The first-order valence-corrected chi connectivity index (χ1v) is 10.8. The van der Waals surface area contributed by atoms with Gasteiger partial charge in [-0.3, -0.25) is 4.79 Å². The van der Waals surface area contributed by atoms with E-state index >= 15 is 0 Å². The number of rotatable bonds is 7. The molecule has 0 amide bonds. The molecule has 168 valence electrons. The van der Waals surface area contributed by atoms with Crippen molar-refractivity contribution < 1.29 is 23.8 Å². The molecule has 32 heavy (non-hydrogen) atoms. The highest BCUT2D eigenvalue weighted by atomic mass is 79.9. The van der Waals surface area contributed by atoms with Gasteiger partial charge in [0, 0.05) is 47.6 Å². The number of benzene rings is 1. The molecule has 1 aliphatic carbocycles. The smallest absolute Gasteiger partial charge is 0.199 e. The van der Waals surface area contributed by atoms with Gasteiger partial charge in [-0.05, 0) is 24.1 Å². The first-order valence-electron chi connectivity index (χ1n) is 10.0.